The lowest BCUT2D eigenvalue weighted by Crippen LogP contribution is -2.12. The van der Waals surface area contributed by atoms with Crippen molar-refractivity contribution >= 4 is 40.4 Å². The number of carbonyl (C=O) groups excluding carboxylic acids is 1. The van der Waals surface area contributed by atoms with Gasteiger partial charge in [0, 0.05) is 15.6 Å². The predicted molar refractivity (Wildman–Crippen MR) is 82.1 cm³/mol. The van der Waals surface area contributed by atoms with Crippen LogP contribution in [0.25, 0.3) is 5.65 Å². The number of fused-ring (bicyclic) bond motifs is 1. The minimum atomic E-state index is -0.296. The summed E-state index contributed by atoms with van der Waals surface area (Å²) in [5, 5.41) is 7.79. The molecule has 0 fully saturated rings. The zero-order valence-corrected chi connectivity index (χ0v) is 12.5. The average Bonchev–Trinajstić information content (AvgIpc) is 2.77. The first-order valence-corrected chi connectivity index (χ1v) is 6.87. The average molecular weight is 321 g/mol. The molecule has 0 saturated carbocycles. The van der Waals surface area contributed by atoms with Crippen LogP contribution in [0.4, 0.5) is 5.69 Å². The number of benzene rings is 1. The monoisotopic (exact) mass is 320 g/mol. The molecular weight excluding hydrogens is 311 g/mol. The largest absolute Gasteiger partial charge is 0.321 e. The fourth-order valence-electron chi connectivity index (χ4n) is 1.96. The Morgan fingerprint density at radius 1 is 1.19 bits per heavy atom. The van der Waals surface area contributed by atoms with E-state index in [1.54, 1.807) is 48.0 Å². The molecule has 5 nitrogen and oxygen atoms in total. The van der Waals surface area contributed by atoms with Gasteiger partial charge in [0.15, 0.2) is 5.65 Å². The Hall–Kier alpha value is -2.11. The van der Waals surface area contributed by atoms with Crippen molar-refractivity contribution in [2.45, 2.75) is 6.92 Å². The number of nitrogens with one attached hydrogen (secondary N) is 1. The van der Waals surface area contributed by atoms with Crippen LogP contribution in [-0.4, -0.2) is 20.5 Å². The van der Waals surface area contributed by atoms with E-state index < -0.39 is 0 Å². The maximum absolute atomic E-state index is 12.2. The molecule has 3 rings (SSSR count). The molecule has 106 valence electrons. The normalized spacial score (nSPS) is 10.8. The summed E-state index contributed by atoms with van der Waals surface area (Å²) in [6.07, 6.45) is 1.69. The summed E-state index contributed by atoms with van der Waals surface area (Å²) >= 11 is 11.8. The van der Waals surface area contributed by atoms with Gasteiger partial charge in [-0.15, -0.1) is 0 Å². The molecule has 0 saturated heterocycles. The molecule has 7 heteroatoms. The Bertz CT molecular complexity index is 824. The van der Waals surface area contributed by atoms with Crippen molar-refractivity contribution in [3.05, 3.63) is 58.0 Å². The Morgan fingerprint density at radius 3 is 2.62 bits per heavy atom. The summed E-state index contributed by atoms with van der Waals surface area (Å²) < 4.78 is 1.61. The van der Waals surface area contributed by atoms with E-state index in [9.17, 15) is 4.79 Å². The molecule has 0 bridgehead atoms. The van der Waals surface area contributed by atoms with Gasteiger partial charge in [-0.2, -0.15) is 5.10 Å². The summed E-state index contributed by atoms with van der Waals surface area (Å²) in [7, 11) is 0. The summed E-state index contributed by atoms with van der Waals surface area (Å²) in [5.74, 6) is 0.371. The van der Waals surface area contributed by atoms with Crippen LogP contribution in [0.2, 0.25) is 10.0 Å². The van der Waals surface area contributed by atoms with Crippen LogP contribution in [0, 0.1) is 6.92 Å². The number of amides is 1. The second-order valence-corrected chi connectivity index (χ2v) is 5.36. The molecule has 1 aromatic carbocycles. The SMILES string of the molecule is Cc1nc2ccc(NC(=O)c3cc(Cl)cc(Cl)c3)cn2n1. The van der Waals surface area contributed by atoms with Gasteiger partial charge < -0.3 is 5.32 Å². The fraction of sp³-hybridized carbons (Fsp3) is 0.0714. The van der Waals surface area contributed by atoms with Crippen molar-refractivity contribution in [2.24, 2.45) is 0 Å². The van der Waals surface area contributed by atoms with Crippen LogP contribution < -0.4 is 5.32 Å². The lowest BCUT2D eigenvalue weighted by atomic mass is 10.2. The minimum absolute atomic E-state index is 0.296. The maximum Gasteiger partial charge on any atom is 0.255 e. The van der Waals surface area contributed by atoms with Gasteiger partial charge in [0.05, 0.1) is 11.9 Å². The second-order valence-electron chi connectivity index (χ2n) is 4.49. The van der Waals surface area contributed by atoms with Crippen LogP contribution >= 0.6 is 23.2 Å². The van der Waals surface area contributed by atoms with Gasteiger partial charge in [-0.1, -0.05) is 23.2 Å². The third-order valence-corrected chi connectivity index (χ3v) is 3.26. The molecule has 0 aliphatic heterocycles. The zero-order valence-electron chi connectivity index (χ0n) is 11.0. The topological polar surface area (TPSA) is 59.3 Å². The van der Waals surface area contributed by atoms with Crippen LogP contribution in [0.1, 0.15) is 16.2 Å². The molecule has 0 unspecified atom stereocenters. The number of carbonyl (C=O) groups is 1. The molecule has 2 heterocycles. The molecule has 0 atom stereocenters. The van der Waals surface area contributed by atoms with Gasteiger partial charge in [0.2, 0.25) is 0 Å². The van der Waals surface area contributed by atoms with E-state index in [1.807, 2.05) is 0 Å². The highest BCUT2D eigenvalue weighted by molar-refractivity contribution is 6.35. The van der Waals surface area contributed by atoms with Crippen molar-refractivity contribution < 1.29 is 4.79 Å². The molecule has 3 aromatic rings. The number of halogens is 2. The minimum Gasteiger partial charge on any atom is -0.321 e. The number of anilines is 1. The first-order valence-electron chi connectivity index (χ1n) is 6.12. The molecule has 0 spiro atoms. The van der Waals surface area contributed by atoms with Crippen molar-refractivity contribution in [1.29, 1.82) is 0 Å². The first-order chi connectivity index (χ1) is 10.0. The molecular formula is C14H10Cl2N4O. The Labute approximate surface area is 130 Å². The van der Waals surface area contributed by atoms with E-state index in [4.69, 9.17) is 23.2 Å². The molecule has 0 radical (unpaired) electrons. The fourth-order valence-corrected chi connectivity index (χ4v) is 2.48. The van der Waals surface area contributed by atoms with Crippen LogP contribution in [0.15, 0.2) is 36.5 Å². The molecule has 0 aliphatic rings. The maximum atomic E-state index is 12.2. The summed E-state index contributed by atoms with van der Waals surface area (Å²) in [4.78, 5) is 16.4. The Kier molecular flexibility index (Phi) is 3.53. The standard InChI is InChI=1S/C14H10Cl2N4O/c1-8-17-13-3-2-12(7-20(13)19-8)18-14(21)9-4-10(15)6-11(16)5-9/h2-7H,1H3,(H,18,21). The smallest absolute Gasteiger partial charge is 0.255 e. The van der Waals surface area contributed by atoms with Crippen LogP contribution in [-0.2, 0) is 0 Å². The molecule has 21 heavy (non-hydrogen) atoms. The highest BCUT2D eigenvalue weighted by Crippen LogP contribution is 2.20. The first kappa shape index (κ1) is 13.9. The highest BCUT2D eigenvalue weighted by atomic mass is 35.5. The number of hydrogen-bond donors (Lipinski definition) is 1. The molecule has 2 aromatic heterocycles. The van der Waals surface area contributed by atoms with Crippen molar-refractivity contribution in [2.75, 3.05) is 5.32 Å². The zero-order chi connectivity index (χ0) is 15.0. The number of pyridine rings is 1. The second kappa shape index (κ2) is 5.35. The summed E-state index contributed by atoms with van der Waals surface area (Å²) in [6.45, 7) is 1.80. The third kappa shape index (κ3) is 2.99. The number of nitrogens with zero attached hydrogens (tertiary/aromatic N) is 3. The van der Waals surface area contributed by atoms with E-state index >= 15 is 0 Å². The van der Waals surface area contributed by atoms with Crippen molar-refractivity contribution in [3.8, 4) is 0 Å². The Balaban J connectivity index is 1.88. The number of aromatic nitrogens is 3. The van der Waals surface area contributed by atoms with Gasteiger partial charge >= 0.3 is 0 Å². The van der Waals surface area contributed by atoms with E-state index in [2.05, 4.69) is 15.4 Å². The number of rotatable bonds is 2. The van der Waals surface area contributed by atoms with Gasteiger partial charge in [-0.05, 0) is 37.3 Å². The summed E-state index contributed by atoms with van der Waals surface area (Å²) in [5.41, 5.74) is 1.71. The van der Waals surface area contributed by atoms with Gasteiger partial charge in [0.1, 0.15) is 5.82 Å². The lowest BCUT2D eigenvalue weighted by molar-refractivity contribution is 0.102. The molecule has 1 amide bonds. The van der Waals surface area contributed by atoms with E-state index in [0.29, 0.717) is 27.1 Å². The third-order valence-electron chi connectivity index (χ3n) is 2.82. The van der Waals surface area contributed by atoms with Gasteiger partial charge in [0.25, 0.3) is 5.91 Å². The van der Waals surface area contributed by atoms with Gasteiger partial charge in [-0.25, -0.2) is 9.50 Å². The van der Waals surface area contributed by atoms with E-state index in [1.165, 1.54) is 0 Å². The summed E-state index contributed by atoms with van der Waals surface area (Å²) in [6, 6.07) is 8.22. The molecule has 0 aliphatic carbocycles. The number of hydrogen-bond acceptors (Lipinski definition) is 3. The van der Waals surface area contributed by atoms with Crippen LogP contribution in [0.5, 0.6) is 0 Å². The molecule has 1 N–H and O–H groups in total. The van der Waals surface area contributed by atoms with Gasteiger partial charge in [-0.3, -0.25) is 4.79 Å². The lowest BCUT2D eigenvalue weighted by Gasteiger charge is -2.06. The quantitative estimate of drug-likeness (QED) is 0.784. The van der Waals surface area contributed by atoms with Crippen molar-refractivity contribution in [3.63, 3.8) is 0 Å². The number of aryl methyl sites for hydroxylation is 1. The van der Waals surface area contributed by atoms with E-state index in [0.717, 1.165) is 5.65 Å². The highest BCUT2D eigenvalue weighted by Gasteiger charge is 2.09. The predicted octanol–water partition coefficient (Wildman–Crippen LogP) is 3.60. The Morgan fingerprint density at radius 2 is 1.90 bits per heavy atom. The van der Waals surface area contributed by atoms with Crippen LogP contribution in [0.3, 0.4) is 0 Å². The van der Waals surface area contributed by atoms with Crippen molar-refractivity contribution in [1.82, 2.24) is 14.6 Å². The van der Waals surface area contributed by atoms with E-state index in [-0.39, 0.29) is 5.91 Å².